The van der Waals surface area contributed by atoms with Crippen LogP contribution < -0.4 is 22.5 Å². The number of anilines is 1. The first kappa shape index (κ1) is 45.2. The van der Waals surface area contributed by atoms with Gasteiger partial charge in [-0.1, -0.05) is 98.2 Å². The lowest BCUT2D eigenvalue weighted by atomic mass is 10.1. The molecule has 234 valence electrons. The predicted molar refractivity (Wildman–Crippen MR) is 187 cm³/mol. The molecule has 0 heterocycles. The first-order valence-corrected chi connectivity index (χ1v) is 16.4. The van der Waals surface area contributed by atoms with Gasteiger partial charge in [-0.05, 0) is 69.2 Å². The Balaban J connectivity index is -0.000000293. The van der Waals surface area contributed by atoms with Crippen molar-refractivity contribution < 1.29 is 14.4 Å². The van der Waals surface area contributed by atoms with Gasteiger partial charge in [-0.15, -0.1) is 0 Å². The van der Waals surface area contributed by atoms with Crippen molar-refractivity contribution in [3.8, 4) is 0 Å². The summed E-state index contributed by atoms with van der Waals surface area (Å²) in [6.07, 6.45) is 17.2. The Morgan fingerprint density at radius 2 is 1.49 bits per heavy atom. The number of primary amides is 1. The fourth-order valence-electron chi connectivity index (χ4n) is 2.03. The van der Waals surface area contributed by atoms with Crippen molar-refractivity contribution >= 4 is 51.3 Å². The van der Waals surface area contributed by atoms with Crippen molar-refractivity contribution in [1.82, 2.24) is 5.32 Å². The average molecular weight is 609 g/mol. The fourth-order valence-corrected chi connectivity index (χ4v) is 4.02. The van der Waals surface area contributed by atoms with Crippen molar-refractivity contribution in [2.24, 2.45) is 11.5 Å². The molecule has 0 aliphatic carbocycles. The number of rotatable bonds is 15. The van der Waals surface area contributed by atoms with E-state index in [1.54, 1.807) is 13.0 Å². The number of Topliss-reactive ketones (excluding diaryl/α,β-unsaturated/α-hetero) is 2. The predicted octanol–water partition coefficient (Wildman–Crippen LogP) is 7.11. The molecule has 7 nitrogen and oxygen atoms in total. The molecule has 0 spiro atoms. The molecule has 1 aromatic carbocycles. The Morgan fingerprint density at radius 3 is 1.93 bits per heavy atom. The van der Waals surface area contributed by atoms with Crippen LogP contribution in [0.25, 0.3) is 6.08 Å². The number of benzene rings is 1. The number of nitrogen functional groups attached to an aromatic ring is 1. The van der Waals surface area contributed by atoms with Gasteiger partial charge in [0.2, 0.25) is 6.41 Å². The summed E-state index contributed by atoms with van der Waals surface area (Å²) in [6.45, 7) is 16.5. The SMILES string of the molecule is C=C/C=C(\C=C/NCCCC(C)=O)/C=C/c1ccc(N)cc1.CC(C)=O.CCCC.CCCSSCCN.NC=O. The molecule has 0 saturated heterocycles. The minimum atomic E-state index is 0.167. The Morgan fingerprint density at radius 1 is 0.951 bits per heavy atom. The highest BCUT2D eigenvalue weighted by Gasteiger charge is 1.92. The lowest BCUT2D eigenvalue weighted by Crippen LogP contribution is -2.08. The van der Waals surface area contributed by atoms with E-state index in [2.05, 4.69) is 38.4 Å². The smallest absolute Gasteiger partial charge is 0.204 e. The van der Waals surface area contributed by atoms with Gasteiger partial charge in [-0.2, -0.15) is 0 Å². The van der Waals surface area contributed by atoms with Crippen molar-refractivity contribution in [3.05, 3.63) is 72.5 Å². The zero-order chi connectivity index (χ0) is 32.2. The van der Waals surface area contributed by atoms with Crippen molar-refractivity contribution in [2.45, 2.75) is 73.6 Å². The number of ketones is 2. The highest BCUT2D eigenvalue weighted by Crippen LogP contribution is 2.20. The van der Waals surface area contributed by atoms with Crippen molar-refractivity contribution in [2.75, 3.05) is 30.3 Å². The molecule has 0 radical (unpaired) electrons. The number of hydrogen-bond donors (Lipinski definition) is 4. The molecular weight excluding hydrogens is 553 g/mol. The molecule has 41 heavy (non-hydrogen) atoms. The van der Waals surface area contributed by atoms with Gasteiger partial charge in [0.25, 0.3) is 0 Å². The van der Waals surface area contributed by atoms with E-state index >= 15 is 0 Å². The average Bonchev–Trinajstić information content (AvgIpc) is 2.93. The standard InChI is InChI=1S/C19H24N2O.C5H13NS2.C4H10.C3H6O.CH3NO/c1-3-5-17(13-15-21-14-4-6-16(2)22)7-8-18-9-11-19(20)12-10-18;1-2-4-7-8-5-3-6;1-3-4-2;1-3(2)4;2-1-3/h3,5,7-13,15,21H,1,4,6,14,20H2,2H3;2-6H2,1H3;3-4H2,1-2H3;1-2H3;1H,(H2,2,3)/b8-7+,15-13-,17-5-;;;;. The van der Waals surface area contributed by atoms with Gasteiger partial charge in [-0.3, -0.25) is 4.79 Å². The summed E-state index contributed by atoms with van der Waals surface area (Å²) in [5.41, 5.74) is 18.0. The van der Waals surface area contributed by atoms with Crippen LogP contribution in [0.3, 0.4) is 0 Å². The third-order valence-corrected chi connectivity index (χ3v) is 6.67. The summed E-state index contributed by atoms with van der Waals surface area (Å²) >= 11 is 0. The largest absolute Gasteiger partial charge is 0.399 e. The molecule has 1 amide bonds. The Kier molecular flexibility index (Phi) is 43.5. The van der Waals surface area contributed by atoms with Crippen molar-refractivity contribution in [3.63, 3.8) is 0 Å². The molecular formula is C32H56N4O3S2. The number of amides is 1. The number of allylic oxidation sites excluding steroid dienone is 5. The molecule has 0 aliphatic rings. The normalized spacial score (nSPS) is 9.98. The maximum atomic E-state index is 10.8. The van der Waals surface area contributed by atoms with Crippen LogP contribution in [0.5, 0.6) is 0 Å². The maximum Gasteiger partial charge on any atom is 0.204 e. The van der Waals surface area contributed by atoms with E-state index in [-0.39, 0.29) is 18.0 Å². The van der Waals surface area contributed by atoms with Crippen LogP contribution in [0.2, 0.25) is 0 Å². The van der Waals surface area contributed by atoms with Gasteiger partial charge in [-0.25, -0.2) is 0 Å². The molecule has 0 unspecified atom stereocenters. The molecule has 0 aliphatic heterocycles. The van der Waals surface area contributed by atoms with Crippen LogP contribution in [0.1, 0.15) is 79.2 Å². The van der Waals surface area contributed by atoms with Crippen LogP contribution in [-0.4, -0.2) is 42.6 Å². The maximum absolute atomic E-state index is 10.8. The van der Waals surface area contributed by atoms with Gasteiger partial charge in [0.15, 0.2) is 0 Å². The first-order chi connectivity index (χ1) is 19.6. The fraction of sp³-hybridized carbons (Fsp3) is 0.469. The number of hydrogen-bond acceptors (Lipinski definition) is 8. The van der Waals surface area contributed by atoms with Crippen LogP contribution in [0.4, 0.5) is 5.69 Å². The minimum absolute atomic E-state index is 0.167. The second kappa shape index (κ2) is 39.4. The summed E-state index contributed by atoms with van der Waals surface area (Å²) in [5, 5.41) is 3.18. The molecule has 0 atom stereocenters. The second-order valence-electron chi connectivity index (χ2n) is 8.47. The van der Waals surface area contributed by atoms with Gasteiger partial charge in [0.1, 0.15) is 11.6 Å². The summed E-state index contributed by atoms with van der Waals surface area (Å²) in [7, 11) is 3.78. The molecule has 0 aromatic heterocycles. The summed E-state index contributed by atoms with van der Waals surface area (Å²) < 4.78 is 0. The van der Waals surface area contributed by atoms with Gasteiger partial charge >= 0.3 is 0 Å². The van der Waals surface area contributed by atoms with E-state index in [1.165, 1.54) is 38.9 Å². The van der Waals surface area contributed by atoms with Crippen LogP contribution >= 0.6 is 21.6 Å². The number of carbonyl (C=O) groups excluding carboxylic acids is 3. The minimum Gasteiger partial charge on any atom is -0.399 e. The monoisotopic (exact) mass is 608 g/mol. The van der Waals surface area contributed by atoms with E-state index in [9.17, 15) is 9.59 Å². The van der Waals surface area contributed by atoms with E-state index in [1.807, 2.05) is 76.4 Å². The third kappa shape index (κ3) is 50.6. The number of nitrogens with one attached hydrogen (secondary N) is 1. The Labute approximate surface area is 258 Å². The van der Waals surface area contributed by atoms with Crippen molar-refractivity contribution in [1.29, 1.82) is 0 Å². The van der Waals surface area contributed by atoms with E-state index < -0.39 is 0 Å². The highest BCUT2D eigenvalue weighted by atomic mass is 33.1. The van der Waals surface area contributed by atoms with Gasteiger partial charge in [0.05, 0.1) is 0 Å². The van der Waals surface area contributed by atoms with Gasteiger partial charge in [0, 0.05) is 36.7 Å². The first-order valence-electron chi connectivity index (χ1n) is 13.9. The molecule has 1 aromatic rings. The summed E-state index contributed by atoms with van der Waals surface area (Å²) in [5.74, 6) is 2.74. The quantitative estimate of drug-likeness (QED) is 0.0543. The topological polar surface area (TPSA) is 141 Å². The molecule has 7 N–H and O–H groups in total. The second-order valence-corrected chi connectivity index (χ2v) is 11.2. The lowest BCUT2D eigenvalue weighted by Gasteiger charge is -1.99. The third-order valence-electron chi connectivity index (χ3n) is 4.03. The Hall–Kier alpha value is -2.75. The number of unbranched alkanes of at least 4 members (excludes halogenated alkanes) is 1. The molecule has 0 bridgehead atoms. The molecule has 0 fully saturated rings. The van der Waals surface area contributed by atoms with Crippen LogP contribution in [0, 0.1) is 0 Å². The van der Waals surface area contributed by atoms with E-state index in [0.29, 0.717) is 6.42 Å². The highest BCUT2D eigenvalue weighted by molar-refractivity contribution is 8.76. The van der Waals surface area contributed by atoms with Gasteiger partial charge < -0.3 is 32.1 Å². The van der Waals surface area contributed by atoms with Crippen LogP contribution in [0.15, 0.2) is 66.9 Å². The molecule has 1 rings (SSSR count). The van der Waals surface area contributed by atoms with E-state index in [0.717, 1.165) is 42.1 Å². The Bertz CT molecular complexity index is 828. The zero-order valence-electron chi connectivity index (χ0n) is 26.2. The zero-order valence-corrected chi connectivity index (χ0v) is 27.8. The summed E-state index contributed by atoms with van der Waals surface area (Å²) in [6, 6.07) is 7.70. The number of carbonyl (C=O) groups is 3. The van der Waals surface area contributed by atoms with E-state index in [4.69, 9.17) is 16.3 Å². The molecule has 9 heteroatoms. The molecule has 0 saturated carbocycles. The lowest BCUT2D eigenvalue weighted by molar-refractivity contribution is -0.117. The van der Waals surface area contributed by atoms with Crippen LogP contribution in [-0.2, 0) is 14.4 Å². The number of nitrogens with two attached hydrogens (primary N) is 3. The summed E-state index contributed by atoms with van der Waals surface area (Å²) in [4.78, 5) is 28.9.